The Morgan fingerprint density at radius 1 is 1.03 bits per heavy atom. The van der Waals surface area contributed by atoms with Gasteiger partial charge in [0.15, 0.2) is 5.11 Å². The lowest BCUT2D eigenvalue weighted by atomic mass is 10.2. The van der Waals surface area contributed by atoms with Crippen molar-refractivity contribution in [1.82, 2.24) is 15.3 Å². The van der Waals surface area contributed by atoms with Gasteiger partial charge in [-0.3, -0.25) is 0 Å². The molecule has 160 valence electrons. The zero-order chi connectivity index (χ0) is 20.8. The predicted molar refractivity (Wildman–Crippen MR) is 123 cm³/mol. The molecule has 0 radical (unpaired) electrons. The van der Waals surface area contributed by atoms with Crippen LogP contribution in [-0.4, -0.2) is 61.6 Å². The zero-order valence-electron chi connectivity index (χ0n) is 17.3. The molecule has 0 amide bonds. The van der Waals surface area contributed by atoms with Gasteiger partial charge in [0.1, 0.15) is 17.4 Å². The molecule has 2 aliphatic heterocycles. The minimum absolute atomic E-state index is 0.498. The summed E-state index contributed by atoms with van der Waals surface area (Å²) < 4.78 is 10.7. The van der Waals surface area contributed by atoms with Gasteiger partial charge in [-0.2, -0.15) is 9.97 Å². The van der Waals surface area contributed by atoms with E-state index in [4.69, 9.17) is 31.7 Å². The van der Waals surface area contributed by atoms with E-state index in [-0.39, 0.29) is 0 Å². The van der Waals surface area contributed by atoms with Crippen molar-refractivity contribution in [2.75, 3.05) is 61.6 Å². The number of nitrogens with zero attached hydrogens (tertiary/aromatic N) is 4. The molecule has 1 aromatic heterocycles. The van der Waals surface area contributed by atoms with Crippen molar-refractivity contribution < 1.29 is 9.47 Å². The van der Waals surface area contributed by atoms with Gasteiger partial charge in [0.2, 0.25) is 5.95 Å². The number of aromatic nitrogens is 2. The Morgan fingerprint density at radius 3 is 2.30 bits per heavy atom. The standard InChI is InChI=1S/C21H28N6O2S/c1-28-17-6-4-16(5-7-17)15-22-21(30)25-20-23-18(26-8-2-3-9-26)14-19(24-20)27-10-12-29-13-11-27/h4-7,14H,2-3,8-13,15H2,1H3,(H2,22,23,24,25,30). The summed E-state index contributed by atoms with van der Waals surface area (Å²) in [7, 11) is 1.66. The van der Waals surface area contributed by atoms with E-state index in [0.717, 1.165) is 49.1 Å². The van der Waals surface area contributed by atoms with Crippen LogP contribution >= 0.6 is 12.2 Å². The van der Waals surface area contributed by atoms with Gasteiger partial charge >= 0.3 is 0 Å². The highest BCUT2D eigenvalue weighted by Gasteiger charge is 2.20. The van der Waals surface area contributed by atoms with Gasteiger partial charge in [0, 0.05) is 38.8 Å². The van der Waals surface area contributed by atoms with Crippen LogP contribution in [0.25, 0.3) is 0 Å². The molecule has 3 heterocycles. The van der Waals surface area contributed by atoms with Crippen LogP contribution in [-0.2, 0) is 11.3 Å². The molecular weight excluding hydrogens is 400 g/mol. The quantitative estimate of drug-likeness (QED) is 0.675. The lowest BCUT2D eigenvalue weighted by Gasteiger charge is -2.29. The Hall–Kier alpha value is -2.65. The monoisotopic (exact) mass is 428 g/mol. The SMILES string of the molecule is COc1ccc(CNC(=S)Nc2nc(N3CCCC3)cc(N3CCOCC3)n2)cc1. The highest BCUT2D eigenvalue weighted by molar-refractivity contribution is 7.80. The van der Waals surface area contributed by atoms with E-state index in [9.17, 15) is 0 Å². The summed E-state index contributed by atoms with van der Waals surface area (Å²) >= 11 is 5.49. The average molecular weight is 429 g/mol. The first kappa shape index (κ1) is 20.6. The average Bonchev–Trinajstić information content (AvgIpc) is 3.33. The van der Waals surface area contributed by atoms with Crippen LogP contribution < -0.4 is 25.2 Å². The largest absolute Gasteiger partial charge is 0.497 e. The van der Waals surface area contributed by atoms with E-state index in [1.165, 1.54) is 12.8 Å². The maximum atomic E-state index is 5.49. The van der Waals surface area contributed by atoms with Gasteiger partial charge in [-0.05, 0) is 42.8 Å². The summed E-state index contributed by atoms with van der Waals surface area (Å²) in [6, 6.07) is 9.97. The fraction of sp³-hybridized carbons (Fsp3) is 0.476. The summed E-state index contributed by atoms with van der Waals surface area (Å²) in [5.74, 6) is 3.22. The third-order valence-corrected chi connectivity index (χ3v) is 5.55. The third-order valence-electron chi connectivity index (χ3n) is 5.30. The topological polar surface area (TPSA) is 74.8 Å². The molecule has 0 bridgehead atoms. The zero-order valence-corrected chi connectivity index (χ0v) is 18.1. The summed E-state index contributed by atoms with van der Waals surface area (Å²) in [6.45, 7) is 5.75. The normalized spacial score (nSPS) is 16.4. The number of thiocarbonyl (C=S) groups is 1. The number of morpholine rings is 1. The number of benzene rings is 1. The van der Waals surface area contributed by atoms with Gasteiger partial charge in [-0.1, -0.05) is 12.1 Å². The lowest BCUT2D eigenvalue weighted by molar-refractivity contribution is 0.122. The molecule has 2 aliphatic rings. The van der Waals surface area contributed by atoms with Crippen LogP contribution in [0.15, 0.2) is 30.3 Å². The number of rotatable bonds is 6. The molecule has 8 nitrogen and oxygen atoms in total. The van der Waals surface area contributed by atoms with Gasteiger partial charge < -0.3 is 29.9 Å². The molecule has 2 N–H and O–H groups in total. The second kappa shape index (κ2) is 9.90. The summed E-state index contributed by atoms with van der Waals surface area (Å²) in [6.07, 6.45) is 2.39. The lowest BCUT2D eigenvalue weighted by Crippen LogP contribution is -2.37. The van der Waals surface area contributed by atoms with Crippen molar-refractivity contribution >= 4 is 34.9 Å². The molecular formula is C21H28N6O2S. The van der Waals surface area contributed by atoms with Gasteiger partial charge in [0.05, 0.1) is 20.3 Å². The third kappa shape index (κ3) is 5.28. The van der Waals surface area contributed by atoms with Gasteiger partial charge in [0.25, 0.3) is 0 Å². The minimum atomic E-state index is 0.498. The summed E-state index contributed by atoms with van der Waals surface area (Å²) in [5, 5.41) is 6.89. The Bertz CT molecular complexity index is 851. The van der Waals surface area contributed by atoms with E-state index in [2.05, 4.69) is 26.5 Å². The van der Waals surface area contributed by atoms with Gasteiger partial charge in [-0.25, -0.2) is 0 Å². The molecule has 4 rings (SSSR count). The number of methoxy groups -OCH3 is 1. The van der Waals surface area contributed by atoms with Crippen molar-refractivity contribution in [3.05, 3.63) is 35.9 Å². The van der Waals surface area contributed by atoms with Crippen LogP contribution in [0.1, 0.15) is 18.4 Å². The smallest absolute Gasteiger partial charge is 0.232 e. The maximum Gasteiger partial charge on any atom is 0.232 e. The molecule has 2 fully saturated rings. The molecule has 0 aliphatic carbocycles. The van der Waals surface area contributed by atoms with Crippen molar-refractivity contribution in [3.8, 4) is 5.75 Å². The second-order valence-corrected chi connectivity index (χ2v) is 7.77. The highest BCUT2D eigenvalue weighted by atomic mass is 32.1. The van der Waals surface area contributed by atoms with Crippen LogP contribution in [0.3, 0.4) is 0 Å². The van der Waals surface area contributed by atoms with E-state index in [1.54, 1.807) is 7.11 Å². The Kier molecular flexibility index (Phi) is 6.81. The minimum Gasteiger partial charge on any atom is -0.497 e. The molecule has 2 saturated heterocycles. The molecule has 0 unspecified atom stereocenters. The first-order valence-corrected chi connectivity index (χ1v) is 10.8. The fourth-order valence-corrected chi connectivity index (χ4v) is 3.78. The van der Waals surface area contributed by atoms with Crippen molar-refractivity contribution in [2.24, 2.45) is 0 Å². The number of hydrogen-bond acceptors (Lipinski definition) is 7. The Morgan fingerprint density at radius 2 is 1.67 bits per heavy atom. The van der Waals surface area contributed by atoms with Crippen molar-refractivity contribution in [3.63, 3.8) is 0 Å². The first-order valence-electron chi connectivity index (χ1n) is 10.4. The van der Waals surface area contributed by atoms with Crippen LogP contribution in [0.2, 0.25) is 0 Å². The second-order valence-electron chi connectivity index (χ2n) is 7.36. The molecule has 0 spiro atoms. The molecule has 0 saturated carbocycles. The Labute approximate surface area is 182 Å². The van der Waals surface area contributed by atoms with Crippen molar-refractivity contribution in [2.45, 2.75) is 19.4 Å². The molecule has 1 aromatic carbocycles. The van der Waals surface area contributed by atoms with E-state index < -0.39 is 0 Å². The first-order chi connectivity index (χ1) is 14.7. The number of nitrogens with one attached hydrogen (secondary N) is 2. The highest BCUT2D eigenvalue weighted by Crippen LogP contribution is 2.25. The van der Waals surface area contributed by atoms with E-state index in [1.807, 2.05) is 24.3 Å². The molecule has 0 atom stereocenters. The number of ether oxygens (including phenoxy) is 2. The summed E-state index contributed by atoms with van der Waals surface area (Å²) in [5.41, 5.74) is 1.11. The van der Waals surface area contributed by atoms with Crippen LogP contribution in [0.4, 0.5) is 17.6 Å². The van der Waals surface area contributed by atoms with Crippen LogP contribution in [0.5, 0.6) is 5.75 Å². The fourth-order valence-electron chi connectivity index (χ4n) is 3.61. The van der Waals surface area contributed by atoms with E-state index in [0.29, 0.717) is 30.8 Å². The van der Waals surface area contributed by atoms with Crippen LogP contribution in [0, 0.1) is 0 Å². The number of anilines is 3. The van der Waals surface area contributed by atoms with Gasteiger partial charge in [-0.15, -0.1) is 0 Å². The molecule has 9 heteroatoms. The van der Waals surface area contributed by atoms with Crippen molar-refractivity contribution in [1.29, 1.82) is 0 Å². The summed E-state index contributed by atoms with van der Waals surface area (Å²) in [4.78, 5) is 14.0. The maximum absolute atomic E-state index is 5.49. The Balaban J connectivity index is 1.44. The number of hydrogen-bond donors (Lipinski definition) is 2. The van der Waals surface area contributed by atoms with E-state index >= 15 is 0 Å². The molecule has 2 aromatic rings. The molecule has 30 heavy (non-hydrogen) atoms. The predicted octanol–water partition coefficient (Wildman–Crippen LogP) is 2.41.